The van der Waals surface area contributed by atoms with Crippen LogP contribution in [0.2, 0.25) is 10.0 Å². The number of carbonyl (C=O) groups is 2. The van der Waals surface area contributed by atoms with Crippen molar-refractivity contribution in [2.75, 3.05) is 39.2 Å². The maximum atomic E-state index is 13.2. The number of rotatable bonds is 10. The Kier molecular flexibility index (Phi) is 10.6. The van der Waals surface area contributed by atoms with E-state index in [-0.39, 0.29) is 31.5 Å². The molecule has 0 unspecified atom stereocenters. The summed E-state index contributed by atoms with van der Waals surface area (Å²) in [6.07, 6.45) is -0.407. The summed E-state index contributed by atoms with van der Waals surface area (Å²) in [4.78, 5) is 28.7. The van der Waals surface area contributed by atoms with E-state index in [1.54, 1.807) is 32.2 Å². The van der Waals surface area contributed by atoms with Gasteiger partial charge in [-0.1, -0.05) is 30.1 Å². The third-order valence-corrected chi connectivity index (χ3v) is 5.92. The normalized spacial score (nSPS) is 13.6. The molecule has 0 aliphatic heterocycles. The maximum absolute atomic E-state index is 13.2. The van der Waals surface area contributed by atoms with E-state index in [1.807, 2.05) is 6.92 Å². The molecule has 186 valence electrons. The first-order valence-corrected chi connectivity index (χ1v) is 11.5. The van der Waals surface area contributed by atoms with Crippen molar-refractivity contribution in [1.82, 2.24) is 9.80 Å². The monoisotopic (exact) mass is 513 g/mol. The molecule has 2 rings (SSSR count). The van der Waals surface area contributed by atoms with Crippen LogP contribution < -0.4 is 5.32 Å². The number of anilines is 1. The zero-order valence-corrected chi connectivity index (χ0v) is 21.1. The number of hydrogen-bond acceptors (Lipinski definition) is 4. The highest BCUT2D eigenvalue weighted by Crippen LogP contribution is 2.21. The fraction of sp³-hybridized carbons (Fsp3) is 0.417. The molecule has 0 aromatic heterocycles. The summed E-state index contributed by atoms with van der Waals surface area (Å²) < 4.78 is 18.8. The van der Waals surface area contributed by atoms with E-state index in [4.69, 9.17) is 27.9 Å². The number of benzene rings is 2. The molecule has 3 atom stereocenters. The van der Waals surface area contributed by atoms with Crippen molar-refractivity contribution in [3.63, 3.8) is 0 Å². The van der Waals surface area contributed by atoms with Crippen LogP contribution >= 0.6 is 23.2 Å². The Morgan fingerprint density at radius 3 is 2.21 bits per heavy atom. The van der Waals surface area contributed by atoms with Crippen molar-refractivity contribution in [2.45, 2.75) is 26.0 Å². The van der Waals surface area contributed by atoms with Gasteiger partial charge in [0.15, 0.2) is 0 Å². The van der Waals surface area contributed by atoms with E-state index in [1.165, 1.54) is 41.2 Å². The first-order chi connectivity index (χ1) is 16.0. The van der Waals surface area contributed by atoms with Crippen LogP contribution in [0, 0.1) is 11.7 Å². The number of methoxy groups -OCH3 is 1. The number of amides is 3. The lowest BCUT2D eigenvalue weighted by Gasteiger charge is -2.34. The Balaban J connectivity index is 2.09. The molecule has 0 bridgehead atoms. The van der Waals surface area contributed by atoms with E-state index in [0.29, 0.717) is 21.3 Å². The minimum atomic E-state index is -0.478. The second kappa shape index (κ2) is 12.9. The number of hydrogen-bond donors (Lipinski definition) is 2. The molecule has 2 N–H and O–H groups in total. The van der Waals surface area contributed by atoms with E-state index >= 15 is 0 Å². The lowest BCUT2D eigenvalue weighted by molar-refractivity contribution is 0.0183. The average molecular weight is 514 g/mol. The molecule has 0 spiro atoms. The molecule has 2 aromatic rings. The van der Waals surface area contributed by atoms with Crippen molar-refractivity contribution in [3.05, 3.63) is 63.9 Å². The molecular weight excluding hydrogens is 484 g/mol. The molecule has 0 aliphatic carbocycles. The van der Waals surface area contributed by atoms with Crippen molar-refractivity contribution in [1.29, 1.82) is 0 Å². The maximum Gasteiger partial charge on any atom is 0.322 e. The standard InChI is InChI=1S/C24H30Cl2FN3O4/c1-15(12-30(16(2)14-31)24(33)28-21-7-5-20(27)6-8-21)22(34-4)13-29(3)23(32)17-9-18(25)11-19(26)10-17/h5-11,15-16,22,31H,12-14H2,1-4H3,(H,28,33)/t15-,16+,22-/m1/s1. The Hall–Kier alpha value is -2.39. The highest BCUT2D eigenvalue weighted by molar-refractivity contribution is 6.35. The third-order valence-electron chi connectivity index (χ3n) is 5.48. The summed E-state index contributed by atoms with van der Waals surface area (Å²) >= 11 is 12.0. The molecule has 0 fully saturated rings. The minimum absolute atomic E-state index is 0.198. The molecule has 0 saturated carbocycles. The first-order valence-electron chi connectivity index (χ1n) is 10.7. The van der Waals surface area contributed by atoms with Crippen LogP contribution in [0.15, 0.2) is 42.5 Å². The predicted octanol–water partition coefficient (Wildman–Crippen LogP) is 4.77. The fourth-order valence-corrected chi connectivity index (χ4v) is 3.98. The van der Waals surface area contributed by atoms with E-state index in [2.05, 4.69) is 5.32 Å². The first kappa shape index (κ1) is 27.9. The summed E-state index contributed by atoms with van der Waals surface area (Å²) in [5.74, 6) is -0.877. The Bertz CT molecular complexity index is 957. The lowest BCUT2D eigenvalue weighted by Crippen LogP contribution is -2.48. The van der Waals surface area contributed by atoms with Crippen LogP contribution in [-0.2, 0) is 4.74 Å². The second-order valence-corrected chi connectivity index (χ2v) is 9.09. The number of ether oxygens (including phenoxy) is 1. The molecule has 0 heterocycles. The van der Waals surface area contributed by atoms with Crippen LogP contribution in [0.3, 0.4) is 0 Å². The molecule has 0 saturated heterocycles. The van der Waals surface area contributed by atoms with Gasteiger partial charge in [-0.05, 0) is 49.4 Å². The van der Waals surface area contributed by atoms with Crippen LogP contribution in [0.5, 0.6) is 0 Å². The third kappa shape index (κ3) is 7.84. The van der Waals surface area contributed by atoms with E-state index in [9.17, 15) is 19.1 Å². The van der Waals surface area contributed by atoms with Crippen molar-refractivity contribution < 1.29 is 23.8 Å². The van der Waals surface area contributed by atoms with Gasteiger partial charge >= 0.3 is 6.03 Å². The van der Waals surface area contributed by atoms with Gasteiger partial charge in [0.25, 0.3) is 5.91 Å². The highest BCUT2D eigenvalue weighted by atomic mass is 35.5. The second-order valence-electron chi connectivity index (χ2n) is 8.22. The predicted molar refractivity (Wildman–Crippen MR) is 132 cm³/mol. The van der Waals surface area contributed by atoms with Gasteiger partial charge in [-0.3, -0.25) is 4.79 Å². The quantitative estimate of drug-likeness (QED) is 0.479. The van der Waals surface area contributed by atoms with Crippen LogP contribution in [0.1, 0.15) is 24.2 Å². The zero-order chi connectivity index (χ0) is 25.4. The summed E-state index contributed by atoms with van der Waals surface area (Å²) in [6, 6.07) is 9.13. The smallest absolute Gasteiger partial charge is 0.322 e. The topological polar surface area (TPSA) is 82.1 Å². The Morgan fingerprint density at radius 2 is 1.68 bits per heavy atom. The summed E-state index contributed by atoms with van der Waals surface area (Å²) in [5, 5.41) is 13.1. The number of likely N-dealkylation sites (N-methyl/N-ethyl adjacent to an activating group) is 1. The molecule has 2 aromatic carbocycles. The van der Waals surface area contributed by atoms with Crippen molar-refractivity contribution in [2.24, 2.45) is 5.92 Å². The lowest BCUT2D eigenvalue weighted by atomic mass is 10.0. The number of urea groups is 1. The Labute approximate surface area is 209 Å². The number of nitrogens with one attached hydrogen (secondary N) is 1. The molecule has 0 radical (unpaired) electrons. The fourth-order valence-electron chi connectivity index (χ4n) is 3.46. The molecular formula is C24H30Cl2FN3O4. The van der Waals surface area contributed by atoms with Gasteiger partial charge in [0.2, 0.25) is 0 Å². The number of halogens is 3. The molecule has 7 nitrogen and oxygen atoms in total. The summed E-state index contributed by atoms with van der Waals surface area (Å²) in [7, 11) is 3.18. The Morgan fingerprint density at radius 1 is 1.09 bits per heavy atom. The molecule has 10 heteroatoms. The number of nitrogens with zero attached hydrogens (tertiary/aromatic N) is 2. The summed E-state index contributed by atoms with van der Waals surface area (Å²) in [5.41, 5.74) is 0.791. The molecule has 3 amide bonds. The SMILES string of the molecule is CO[C@H](CN(C)C(=O)c1cc(Cl)cc(Cl)c1)[C@H](C)CN(C(=O)Nc1ccc(F)cc1)[C@@H](C)CO. The van der Waals surface area contributed by atoms with Crippen molar-refractivity contribution in [3.8, 4) is 0 Å². The largest absolute Gasteiger partial charge is 0.394 e. The molecule has 0 aliphatic rings. The highest BCUT2D eigenvalue weighted by Gasteiger charge is 2.28. The van der Waals surface area contributed by atoms with Gasteiger partial charge < -0.3 is 25.0 Å². The summed E-state index contributed by atoms with van der Waals surface area (Å²) in [6.45, 7) is 3.87. The minimum Gasteiger partial charge on any atom is -0.394 e. The van der Waals surface area contributed by atoms with Gasteiger partial charge in [-0.2, -0.15) is 0 Å². The van der Waals surface area contributed by atoms with Gasteiger partial charge in [-0.15, -0.1) is 0 Å². The number of aliphatic hydroxyl groups excluding tert-OH is 1. The van der Waals surface area contributed by atoms with Crippen LogP contribution in [0.4, 0.5) is 14.9 Å². The van der Waals surface area contributed by atoms with Gasteiger partial charge in [0, 0.05) is 54.5 Å². The zero-order valence-electron chi connectivity index (χ0n) is 19.6. The molecule has 34 heavy (non-hydrogen) atoms. The van der Waals surface area contributed by atoms with Crippen LogP contribution in [-0.4, -0.2) is 72.8 Å². The van der Waals surface area contributed by atoms with E-state index in [0.717, 1.165) is 0 Å². The van der Waals surface area contributed by atoms with Gasteiger partial charge in [0.05, 0.1) is 18.8 Å². The van der Waals surface area contributed by atoms with Crippen LogP contribution in [0.25, 0.3) is 0 Å². The van der Waals surface area contributed by atoms with E-state index < -0.39 is 24.0 Å². The number of aliphatic hydroxyl groups is 1. The van der Waals surface area contributed by atoms with Gasteiger partial charge in [0.1, 0.15) is 5.82 Å². The van der Waals surface area contributed by atoms with Crippen molar-refractivity contribution >= 4 is 40.8 Å². The average Bonchev–Trinajstić information content (AvgIpc) is 2.80. The van der Waals surface area contributed by atoms with Gasteiger partial charge in [-0.25, -0.2) is 9.18 Å². The number of carbonyl (C=O) groups excluding carboxylic acids is 2.